The number of halogens is 2. The molecule has 39 heavy (non-hydrogen) atoms. The molecular formula is C36H26F2N+. The minimum atomic E-state index is -3.38. The highest BCUT2D eigenvalue weighted by molar-refractivity contribution is 5.74. The molecule has 0 aliphatic carbocycles. The van der Waals surface area contributed by atoms with Crippen molar-refractivity contribution in [2.24, 2.45) is 0 Å². The highest BCUT2D eigenvalue weighted by Crippen LogP contribution is 2.38. The number of alkyl halides is 2. The van der Waals surface area contributed by atoms with Crippen LogP contribution in [-0.2, 0) is 6.05 Å². The number of hydrogen-bond acceptors (Lipinski definition) is 0. The van der Waals surface area contributed by atoms with E-state index in [2.05, 4.69) is 0 Å². The number of pyridine rings is 1. The predicted molar refractivity (Wildman–Crippen MR) is 154 cm³/mol. The third kappa shape index (κ3) is 4.75. The molecule has 188 valence electrons. The van der Waals surface area contributed by atoms with Crippen molar-refractivity contribution in [3.63, 3.8) is 0 Å². The normalized spacial score (nSPS) is 11.3. The van der Waals surface area contributed by atoms with Gasteiger partial charge in [0.15, 0.2) is 0 Å². The molecule has 0 radical (unpaired) electrons. The Morgan fingerprint density at radius 2 is 0.769 bits per heavy atom. The summed E-state index contributed by atoms with van der Waals surface area (Å²) < 4.78 is 35.6. The van der Waals surface area contributed by atoms with Crippen LogP contribution in [0.5, 0.6) is 0 Å². The van der Waals surface area contributed by atoms with Gasteiger partial charge in [0, 0.05) is 23.3 Å². The molecule has 0 saturated heterocycles. The third-order valence-electron chi connectivity index (χ3n) is 6.93. The Morgan fingerprint density at radius 3 is 1.26 bits per heavy atom. The van der Waals surface area contributed by atoms with Crippen molar-refractivity contribution >= 4 is 0 Å². The van der Waals surface area contributed by atoms with Gasteiger partial charge in [0.05, 0.1) is 0 Å². The molecule has 3 heteroatoms. The molecule has 0 saturated carbocycles. The van der Waals surface area contributed by atoms with Crippen molar-refractivity contribution in [2.75, 3.05) is 0 Å². The minimum Gasteiger partial charge on any atom is -0.134 e. The van der Waals surface area contributed by atoms with E-state index in [1.54, 1.807) is 18.2 Å². The van der Waals surface area contributed by atoms with Crippen LogP contribution in [0, 0.1) is 0 Å². The van der Waals surface area contributed by atoms with E-state index in [1.165, 1.54) is 10.6 Å². The number of hydrogen-bond donors (Lipinski definition) is 0. The first-order valence-corrected chi connectivity index (χ1v) is 12.9. The van der Waals surface area contributed by atoms with Crippen LogP contribution in [0.1, 0.15) is 5.56 Å². The fourth-order valence-electron chi connectivity index (χ4n) is 5.07. The smallest absolute Gasteiger partial charge is 0.134 e. The molecule has 0 atom stereocenters. The van der Waals surface area contributed by atoms with E-state index < -0.39 is 6.05 Å². The van der Waals surface area contributed by atoms with Crippen LogP contribution in [0.15, 0.2) is 158 Å². The zero-order valence-electron chi connectivity index (χ0n) is 21.2. The van der Waals surface area contributed by atoms with Crippen LogP contribution < -0.4 is 4.57 Å². The molecule has 0 amide bonds. The SMILES string of the molecule is FC(F)(c1ccccc1-c1ccccc1)[n+]1c(-c2ccccc2)cc(-c2ccccc2)cc1-c1ccccc1. The third-order valence-corrected chi connectivity index (χ3v) is 6.93. The van der Waals surface area contributed by atoms with Crippen LogP contribution in [0.2, 0.25) is 0 Å². The Hall–Kier alpha value is -4.89. The molecule has 1 heterocycles. The van der Waals surface area contributed by atoms with Gasteiger partial charge in [-0.15, -0.1) is 13.3 Å². The summed E-state index contributed by atoms with van der Waals surface area (Å²) in [5.41, 5.74) is 5.32. The zero-order chi connectivity index (χ0) is 26.7. The first kappa shape index (κ1) is 24.4. The second-order valence-corrected chi connectivity index (χ2v) is 9.40. The Balaban J connectivity index is 1.70. The summed E-state index contributed by atoms with van der Waals surface area (Å²) in [7, 11) is 0. The van der Waals surface area contributed by atoms with Gasteiger partial charge < -0.3 is 0 Å². The second-order valence-electron chi connectivity index (χ2n) is 9.40. The average Bonchev–Trinajstić information content (AvgIpc) is 3.02. The summed E-state index contributed by atoms with van der Waals surface area (Å²) in [6, 6.07) is 45.3. The summed E-state index contributed by atoms with van der Waals surface area (Å²) in [6.45, 7) is 0. The molecule has 0 unspecified atom stereocenters. The summed E-state index contributed by atoms with van der Waals surface area (Å²) in [6.07, 6.45) is 0. The lowest BCUT2D eigenvalue weighted by atomic mass is 9.95. The molecule has 0 spiro atoms. The zero-order valence-corrected chi connectivity index (χ0v) is 21.2. The lowest BCUT2D eigenvalue weighted by Gasteiger charge is -2.21. The first-order valence-electron chi connectivity index (χ1n) is 12.9. The van der Waals surface area contributed by atoms with Gasteiger partial charge in [-0.1, -0.05) is 115 Å². The van der Waals surface area contributed by atoms with Crippen molar-refractivity contribution in [3.8, 4) is 44.8 Å². The molecule has 1 aromatic heterocycles. The van der Waals surface area contributed by atoms with E-state index in [-0.39, 0.29) is 5.56 Å². The van der Waals surface area contributed by atoms with Gasteiger partial charge in [-0.05, 0) is 52.6 Å². The summed E-state index contributed by atoms with van der Waals surface area (Å²) >= 11 is 0. The van der Waals surface area contributed by atoms with Gasteiger partial charge in [0.1, 0.15) is 5.56 Å². The Morgan fingerprint density at radius 1 is 0.385 bits per heavy atom. The lowest BCUT2D eigenvalue weighted by molar-refractivity contribution is -0.793. The van der Waals surface area contributed by atoms with Crippen molar-refractivity contribution in [3.05, 3.63) is 163 Å². The summed E-state index contributed by atoms with van der Waals surface area (Å²) in [5, 5.41) is 0. The summed E-state index contributed by atoms with van der Waals surface area (Å²) in [4.78, 5) is 0. The highest BCUT2D eigenvalue weighted by Gasteiger charge is 2.49. The molecule has 1 nitrogen and oxygen atoms in total. The standard InChI is InChI=1S/C36H26F2N/c37-36(38,33-24-14-13-23-32(33)28-17-7-2-8-18-28)39-34(29-19-9-3-10-20-29)25-31(27-15-5-1-6-16-27)26-35(39)30-21-11-4-12-22-30/h1-26H/q+1. The lowest BCUT2D eigenvalue weighted by Crippen LogP contribution is -2.54. The van der Waals surface area contributed by atoms with Gasteiger partial charge in [0.25, 0.3) is 0 Å². The van der Waals surface area contributed by atoms with Crippen molar-refractivity contribution in [2.45, 2.75) is 6.05 Å². The van der Waals surface area contributed by atoms with Gasteiger partial charge in [-0.2, -0.15) is 0 Å². The molecule has 0 bridgehead atoms. The maximum absolute atomic E-state index is 17.2. The Bertz CT molecular complexity index is 1640. The minimum absolute atomic E-state index is 0.0528. The maximum atomic E-state index is 17.2. The second kappa shape index (κ2) is 10.5. The van der Waals surface area contributed by atoms with Crippen molar-refractivity contribution in [1.29, 1.82) is 0 Å². The molecule has 6 rings (SSSR count). The molecule has 6 aromatic rings. The van der Waals surface area contributed by atoms with Gasteiger partial charge in [0.2, 0.25) is 11.4 Å². The number of rotatable bonds is 6. The first-order chi connectivity index (χ1) is 19.1. The molecule has 5 aromatic carbocycles. The van der Waals surface area contributed by atoms with Crippen molar-refractivity contribution < 1.29 is 13.3 Å². The quantitative estimate of drug-likeness (QED) is 0.197. The van der Waals surface area contributed by atoms with E-state index in [0.29, 0.717) is 28.1 Å². The van der Waals surface area contributed by atoms with Crippen LogP contribution in [0.3, 0.4) is 0 Å². The highest BCUT2D eigenvalue weighted by atomic mass is 19.3. The fourth-order valence-corrected chi connectivity index (χ4v) is 5.07. The van der Waals surface area contributed by atoms with E-state index in [9.17, 15) is 0 Å². The molecular weight excluding hydrogens is 484 g/mol. The topological polar surface area (TPSA) is 3.88 Å². The monoisotopic (exact) mass is 510 g/mol. The van der Waals surface area contributed by atoms with Gasteiger partial charge in [-0.3, -0.25) is 0 Å². The van der Waals surface area contributed by atoms with E-state index in [0.717, 1.165) is 16.7 Å². The summed E-state index contributed by atoms with van der Waals surface area (Å²) in [5.74, 6) is 0. The Labute approximate surface area is 227 Å². The van der Waals surface area contributed by atoms with Gasteiger partial charge in [-0.25, -0.2) is 0 Å². The predicted octanol–water partition coefficient (Wildman–Crippen LogP) is 9.24. The largest absolute Gasteiger partial charge is 0.491 e. The van der Waals surface area contributed by atoms with Crippen LogP contribution in [-0.4, -0.2) is 0 Å². The van der Waals surface area contributed by atoms with Gasteiger partial charge >= 0.3 is 6.05 Å². The number of benzene rings is 5. The Kier molecular flexibility index (Phi) is 6.56. The van der Waals surface area contributed by atoms with Crippen molar-refractivity contribution in [1.82, 2.24) is 0 Å². The van der Waals surface area contributed by atoms with Crippen LogP contribution in [0.25, 0.3) is 44.8 Å². The number of nitrogens with zero attached hydrogens (tertiary/aromatic N) is 1. The van der Waals surface area contributed by atoms with E-state index in [1.807, 2.05) is 133 Å². The van der Waals surface area contributed by atoms with E-state index >= 15 is 8.78 Å². The molecule has 0 N–H and O–H groups in total. The molecule has 0 fully saturated rings. The molecule has 0 aliphatic rings. The average molecular weight is 511 g/mol. The fraction of sp³-hybridized carbons (Fsp3) is 0.0278. The maximum Gasteiger partial charge on any atom is 0.491 e. The molecule has 0 aliphatic heterocycles. The number of aromatic nitrogens is 1. The van der Waals surface area contributed by atoms with E-state index in [4.69, 9.17) is 0 Å². The van der Waals surface area contributed by atoms with Crippen LogP contribution in [0.4, 0.5) is 8.78 Å². The van der Waals surface area contributed by atoms with Crippen LogP contribution >= 0.6 is 0 Å².